The van der Waals surface area contributed by atoms with Crippen molar-refractivity contribution in [3.05, 3.63) is 34.4 Å². The zero-order valence-corrected chi connectivity index (χ0v) is 13.5. The molecule has 0 radical (unpaired) electrons. The third kappa shape index (κ3) is 3.28. The second-order valence-corrected chi connectivity index (χ2v) is 5.27. The van der Waals surface area contributed by atoms with Gasteiger partial charge in [-0.2, -0.15) is 0 Å². The molecular weight excluding hydrogens is 318 g/mol. The number of hydrogen-bond donors (Lipinski definition) is 1. The number of nitrogens with one attached hydrogen (secondary N) is 1. The zero-order valence-electron chi connectivity index (χ0n) is 11.9. The molecular formula is C15H18BrN3O. The van der Waals surface area contributed by atoms with Gasteiger partial charge in [-0.05, 0) is 40.5 Å². The highest BCUT2D eigenvalue weighted by Crippen LogP contribution is 2.29. The van der Waals surface area contributed by atoms with Crippen molar-refractivity contribution in [2.75, 3.05) is 19.5 Å². The number of rotatable bonds is 5. The number of methoxy groups -OCH3 is 1. The van der Waals surface area contributed by atoms with E-state index in [2.05, 4.69) is 38.1 Å². The second kappa shape index (κ2) is 6.70. The van der Waals surface area contributed by atoms with Crippen LogP contribution in [0.4, 0.5) is 5.82 Å². The van der Waals surface area contributed by atoms with Gasteiger partial charge >= 0.3 is 0 Å². The number of hydrogen-bond acceptors (Lipinski definition) is 4. The van der Waals surface area contributed by atoms with Gasteiger partial charge in [-0.3, -0.25) is 0 Å². The summed E-state index contributed by atoms with van der Waals surface area (Å²) in [5, 5.41) is 3.09. The van der Waals surface area contributed by atoms with Crippen LogP contribution in [0.2, 0.25) is 0 Å². The van der Waals surface area contributed by atoms with Gasteiger partial charge in [0.25, 0.3) is 0 Å². The molecule has 0 aliphatic rings. The molecule has 1 aromatic heterocycles. The number of benzene rings is 1. The van der Waals surface area contributed by atoms with Gasteiger partial charge in [0.1, 0.15) is 11.6 Å². The number of halogens is 1. The molecule has 0 unspecified atom stereocenters. The Kier molecular flexibility index (Phi) is 4.95. The first-order valence-electron chi connectivity index (χ1n) is 6.57. The largest absolute Gasteiger partial charge is 0.496 e. The first-order chi connectivity index (χ1) is 9.67. The predicted octanol–water partition coefficient (Wildman–Crippen LogP) is 3.91. The predicted molar refractivity (Wildman–Crippen MR) is 85.3 cm³/mol. The van der Waals surface area contributed by atoms with Gasteiger partial charge < -0.3 is 10.1 Å². The van der Waals surface area contributed by atoms with Gasteiger partial charge in [0.15, 0.2) is 5.82 Å². The fraction of sp³-hybridized carbons (Fsp3) is 0.333. The van der Waals surface area contributed by atoms with Crippen molar-refractivity contribution in [1.82, 2.24) is 9.97 Å². The van der Waals surface area contributed by atoms with Crippen LogP contribution in [-0.4, -0.2) is 24.1 Å². The summed E-state index contributed by atoms with van der Waals surface area (Å²) in [6, 6.07) is 7.84. The summed E-state index contributed by atoms with van der Waals surface area (Å²) >= 11 is 3.49. The van der Waals surface area contributed by atoms with Crippen molar-refractivity contribution in [2.24, 2.45) is 0 Å². The van der Waals surface area contributed by atoms with E-state index >= 15 is 0 Å². The molecule has 0 atom stereocenters. The quantitative estimate of drug-likeness (QED) is 0.899. The molecule has 20 heavy (non-hydrogen) atoms. The van der Waals surface area contributed by atoms with Crippen LogP contribution in [0.1, 0.15) is 19.0 Å². The summed E-state index contributed by atoms with van der Waals surface area (Å²) in [6.45, 7) is 2.14. The van der Waals surface area contributed by atoms with E-state index in [4.69, 9.17) is 4.74 Å². The lowest BCUT2D eigenvalue weighted by Gasteiger charge is -2.09. The van der Waals surface area contributed by atoms with Gasteiger partial charge in [-0.15, -0.1) is 0 Å². The second-order valence-electron chi connectivity index (χ2n) is 4.42. The van der Waals surface area contributed by atoms with E-state index in [0.717, 1.165) is 46.0 Å². The Bertz CT molecular complexity index is 602. The molecule has 2 rings (SSSR count). The monoisotopic (exact) mass is 335 g/mol. The molecule has 0 spiro atoms. The highest BCUT2D eigenvalue weighted by Gasteiger charge is 2.08. The lowest BCUT2D eigenvalue weighted by Crippen LogP contribution is -2.01. The first kappa shape index (κ1) is 14.8. The maximum Gasteiger partial charge on any atom is 0.161 e. The summed E-state index contributed by atoms with van der Waals surface area (Å²) in [5.74, 6) is 2.36. The van der Waals surface area contributed by atoms with Crippen LogP contribution in [0, 0.1) is 0 Å². The maximum atomic E-state index is 5.24. The van der Waals surface area contributed by atoms with Crippen molar-refractivity contribution in [3.8, 4) is 17.1 Å². The first-order valence-corrected chi connectivity index (χ1v) is 7.36. The Morgan fingerprint density at radius 2 is 2.05 bits per heavy atom. The maximum absolute atomic E-state index is 5.24. The minimum absolute atomic E-state index is 0.726. The van der Waals surface area contributed by atoms with E-state index < -0.39 is 0 Å². The van der Waals surface area contributed by atoms with E-state index in [0.29, 0.717) is 0 Å². The van der Waals surface area contributed by atoms with Crippen molar-refractivity contribution < 1.29 is 4.74 Å². The highest BCUT2D eigenvalue weighted by molar-refractivity contribution is 9.10. The van der Waals surface area contributed by atoms with E-state index in [1.807, 2.05) is 31.3 Å². The molecule has 0 saturated heterocycles. The van der Waals surface area contributed by atoms with Gasteiger partial charge in [-0.1, -0.05) is 13.3 Å². The van der Waals surface area contributed by atoms with E-state index in [1.165, 1.54) is 0 Å². The Morgan fingerprint density at radius 1 is 1.25 bits per heavy atom. The minimum Gasteiger partial charge on any atom is -0.496 e. The van der Waals surface area contributed by atoms with E-state index in [-0.39, 0.29) is 0 Å². The van der Waals surface area contributed by atoms with Crippen molar-refractivity contribution in [2.45, 2.75) is 19.8 Å². The summed E-state index contributed by atoms with van der Waals surface area (Å²) < 4.78 is 6.14. The van der Waals surface area contributed by atoms with Crippen LogP contribution in [0.15, 0.2) is 28.7 Å². The molecule has 0 aliphatic heterocycles. The van der Waals surface area contributed by atoms with Gasteiger partial charge in [0.2, 0.25) is 0 Å². The Morgan fingerprint density at radius 3 is 2.65 bits per heavy atom. The molecule has 0 amide bonds. The average Bonchev–Trinajstić information content (AvgIpc) is 2.47. The lowest BCUT2D eigenvalue weighted by atomic mass is 10.2. The van der Waals surface area contributed by atoms with Crippen LogP contribution < -0.4 is 10.1 Å². The molecule has 4 nitrogen and oxygen atoms in total. The van der Waals surface area contributed by atoms with Crippen molar-refractivity contribution in [3.63, 3.8) is 0 Å². The van der Waals surface area contributed by atoms with Crippen LogP contribution in [-0.2, 0) is 6.42 Å². The lowest BCUT2D eigenvalue weighted by molar-refractivity contribution is 0.412. The molecule has 1 N–H and O–H groups in total. The molecule has 106 valence electrons. The van der Waals surface area contributed by atoms with Crippen LogP contribution >= 0.6 is 15.9 Å². The van der Waals surface area contributed by atoms with Gasteiger partial charge in [0, 0.05) is 24.4 Å². The number of nitrogens with zero attached hydrogens (tertiary/aromatic N) is 2. The Balaban J connectivity index is 2.45. The topological polar surface area (TPSA) is 47.0 Å². The molecule has 1 aromatic carbocycles. The summed E-state index contributed by atoms with van der Waals surface area (Å²) in [4.78, 5) is 9.14. The SMILES string of the molecule is CCCc1cc(NC)nc(-c2ccc(OC)c(Br)c2)n1. The summed E-state index contributed by atoms with van der Waals surface area (Å²) in [6.07, 6.45) is 2.01. The summed E-state index contributed by atoms with van der Waals surface area (Å²) in [7, 11) is 3.52. The highest BCUT2D eigenvalue weighted by atomic mass is 79.9. The standard InChI is InChI=1S/C15H18BrN3O/c1-4-5-11-9-14(17-2)19-15(18-11)10-6-7-13(20-3)12(16)8-10/h6-9H,4-5H2,1-3H3,(H,17,18,19). The molecule has 0 aliphatic carbocycles. The van der Waals surface area contributed by atoms with Crippen LogP contribution in [0.3, 0.4) is 0 Å². The fourth-order valence-electron chi connectivity index (χ4n) is 1.94. The smallest absolute Gasteiger partial charge is 0.161 e. The Hall–Kier alpha value is -1.62. The zero-order chi connectivity index (χ0) is 14.5. The van der Waals surface area contributed by atoms with Crippen molar-refractivity contribution >= 4 is 21.7 Å². The van der Waals surface area contributed by atoms with Crippen LogP contribution in [0.25, 0.3) is 11.4 Å². The van der Waals surface area contributed by atoms with Gasteiger partial charge in [0.05, 0.1) is 11.6 Å². The molecule has 5 heteroatoms. The minimum atomic E-state index is 0.726. The Labute approximate surface area is 127 Å². The van der Waals surface area contributed by atoms with Crippen LogP contribution in [0.5, 0.6) is 5.75 Å². The third-order valence-electron chi connectivity index (χ3n) is 2.95. The number of anilines is 1. The van der Waals surface area contributed by atoms with Crippen molar-refractivity contribution in [1.29, 1.82) is 0 Å². The number of aromatic nitrogens is 2. The molecule has 0 fully saturated rings. The third-order valence-corrected chi connectivity index (χ3v) is 3.57. The molecule has 2 aromatic rings. The average molecular weight is 336 g/mol. The normalized spacial score (nSPS) is 10.4. The molecule has 0 saturated carbocycles. The number of ether oxygens (including phenoxy) is 1. The van der Waals surface area contributed by atoms with Gasteiger partial charge in [-0.25, -0.2) is 9.97 Å². The van der Waals surface area contributed by atoms with E-state index in [9.17, 15) is 0 Å². The fourth-order valence-corrected chi connectivity index (χ4v) is 2.49. The molecule has 1 heterocycles. The summed E-state index contributed by atoms with van der Waals surface area (Å²) in [5.41, 5.74) is 2.01. The van der Waals surface area contributed by atoms with E-state index in [1.54, 1.807) is 7.11 Å². The number of aryl methyl sites for hydroxylation is 1. The molecule has 0 bridgehead atoms.